The maximum absolute atomic E-state index is 11.3. The smallest absolute Gasteiger partial charge is 0.329 e. The summed E-state index contributed by atoms with van der Waals surface area (Å²) in [6.45, 7) is 4.06. The zero-order valence-electron chi connectivity index (χ0n) is 10.5. The van der Waals surface area contributed by atoms with Crippen LogP contribution in [0.2, 0.25) is 0 Å². The molecule has 2 N–H and O–H groups in total. The summed E-state index contributed by atoms with van der Waals surface area (Å²) in [5, 5.41) is 12.3. The molecule has 0 aliphatic carbocycles. The van der Waals surface area contributed by atoms with Crippen molar-refractivity contribution in [3.63, 3.8) is 0 Å². The van der Waals surface area contributed by atoms with Gasteiger partial charge in [-0.2, -0.15) is 0 Å². The monoisotopic (exact) mass is 237 g/mol. The van der Waals surface area contributed by atoms with Crippen molar-refractivity contribution in [2.75, 3.05) is 19.0 Å². The molecular formula is C13H19NO3. The van der Waals surface area contributed by atoms with Gasteiger partial charge in [-0.05, 0) is 26.0 Å². The SMILES string of the molecule is COCCC(C)(Nc1ccc(C)cc1)C(=O)O. The van der Waals surface area contributed by atoms with Gasteiger partial charge in [-0.3, -0.25) is 0 Å². The van der Waals surface area contributed by atoms with E-state index in [0.29, 0.717) is 13.0 Å². The molecule has 1 rings (SSSR count). The second-order valence-electron chi connectivity index (χ2n) is 4.37. The highest BCUT2D eigenvalue weighted by Gasteiger charge is 2.32. The number of aryl methyl sites for hydroxylation is 1. The lowest BCUT2D eigenvalue weighted by Gasteiger charge is -2.27. The maximum Gasteiger partial charge on any atom is 0.329 e. The fourth-order valence-electron chi connectivity index (χ4n) is 1.48. The van der Waals surface area contributed by atoms with E-state index in [1.165, 1.54) is 0 Å². The summed E-state index contributed by atoms with van der Waals surface area (Å²) in [6.07, 6.45) is 0.409. The third kappa shape index (κ3) is 3.75. The van der Waals surface area contributed by atoms with Crippen molar-refractivity contribution in [2.45, 2.75) is 25.8 Å². The van der Waals surface area contributed by atoms with Crippen LogP contribution < -0.4 is 5.32 Å². The molecule has 0 saturated carbocycles. The van der Waals surface area contributed by atoms with E-state index in [1.54, 1.807) is 14.0 Å². The molecule has 0 heterocycles. The van der Waals surface area contributed by atoms with Crippen LogP contribution in [0.15, 0.2) is 24.3 Å². The number of hydrogen-bond acceptors (Lipinski definition) is 3. The zero-order valence-corrected chi connectivity index (χ0v) is 10.5. The summed E-state index contributed by atoms with van der Waals surface area (Å²) in [6, 6.07) is 7.65. The topological polar surface area (TPSA) is 58.6 Å². The quantitative estimate of drug-likeness (QED) is 0.797. The minimum atomic E-state index is -1.01. The van der Waals surface area contributed by atoms with Crippen LogP contribution in [0.4, 0.5) is 5.69 Å². The number of carboxylic acids is 1. The molecule has 0 amide bonds. The Bertz CT molecular complexity index is 375. The number of methoxy groups -OCH3 is 1. The van der Waals surface area contributed by atoms with Crippen LogP contribution >= 0.6 is 0 Å². The molecule has 1 unspecified atom stereocenters. The van der Waals surface area contributed by atoms with Crippen LogP contribution in [-0.4, -0.2) is 30.3 Å². The van der Waals surface area contributed by atoms with E-state index in [1.807, 2.05) is 31.2 Å². The highest BCUT2D eigenvalue weighted by molar-refractivity contribution is 5.82. The van der Waals surface area contributed by atoms with Crippen molar-refractivity contribution in [1.29, 1.82) is 0 Å². The third-order valence-electron chi connectivity index (χ3n) is 2.75. The third-order valence-corrected chi connectivity index (χ3v) is 2.75. The van der Waals surface area contributed by atoms with Gasteiger partial charge in [-0.15, -0.1) is 0 Å². The minimum absolute atomic E-state index is 0.404. The van der Waals surface area contributed by atoms with Crippen molar-refractivity contribution in [1.82, 2.24) is 0 Å². The molecule has 1 aromatic rings. The number of nitrogens with one attached hydrogen (secondary N) is 1. The Morgan fingerprint density at radius 3 is 2.47 bits per heavy atom. The molecule has 0 aliphatic heterocycles. The fourth-order valence-corrected chi connectivity index (χ4v) is 1.48. The Hall–Kier alpha value is -1.55. The van der Waals surface area contributed by atoms with Gasteiger partial charge >= 0.3 is 5.97 Å². The number of ether oxygens (including phenoxy) is 1. The van der Waals surface area contributed by atoms with E-state index in [4.69, 9.17) is 4.74 Å². The van der Waals surface area contributed by atoms with Crippen LogP contribution in [0, 0.1) is 6.92 Å². The average molecular weight is 237 g/mol. The standard InChI is InChI=1S/C13H19NO3/c1-10-4-6-11(7-5-10)14-13(2,12(15)16)8-9-17-3/h4-7,14H,8-9H2,1-3H3,(H,15,16). The molecule has 0 spiro atoms. The van der Waals surface area contributed by atoms with Gasteiger partial charge in [0.1, 0.15) is 5.54 Å². The van der Waals surface area contributed by atoms with Crippen LogP contribution in [-0.2, 0) is 9.53 Å². The number of carboxylic acid groups (broad SMARTS) is 1. The van der Waals surface area contributed by atoms with Gasteiger partial charge in [-0.1, -0.05) is 17.7 Å². The molecular weight excluding hydrogens is 218 g/mol. The van der Waals surface area contributed by atoms with E-state index >= 15 is 0 Å². The Balaban J connectivity index is 2.79. The van der Waals surface area contributed by atoms with E-state index in [0.717, 1.165) is 11.3 Å². The van der Waals surface area contributed by atoms with Crippen molar-refractivity contribution >= 4 is 11.7 Å². The van der Waals surface area contributed by atoms with Crippen molar-refractivity contribution in [3.05, 3.63) is 29.8 Å². The van der Waals surface area contributed by atoms with Crippen LogP contribution in [0.3, 0.4) is 0 Å². The normalized spacial score (nSPS) is 14.1. The van der Waals surface area contributed by atoms with Gasteiger partial charge in [0.05, 0.1) is 0 Å². The Labute approximate surface area is 102 Å². The first kappa shape index (κ1) is 13.5. The molecule has 0 aliphatic rings. The number of benzene rings is 1. The number of anilines is 1. The summed E-state index contributed by atoms with van der Waals surface area (Å²) >= 11 is 0. The van der Waals surface area contributed by atoms with Gasteiger partial charge < -0.3 is 15.2 Å². The second-order valence-corrected chi connectivity index (χ2v) is 4.37. The first-order valence-electron chi connectivity index (χ1n) is 5.55. The van der Waals surface area contributed by atoms with Crippen LogP contribution in [0.5, 0.6) is 0 Å². The number of aliphatic carboxylic acids is 1. The zero-order chi connectivity index (χ0) is 12.9. The molecule has 1 atom stereocenters. The van der Waals surface area contributed by atoms with Gasteiger partial charge in [0.15, 0.2) is 0 Å². The predicted molar refractivity (Wildman–Crippen MR) is 67.3 cm³/mol. The maximum atomic E-state index is 11.3. The largest absolute Gasteiger partial charge is 0.480 e. The molecule has 0 radical (unpaired) electrons. The Morgan fingerprint density at radius 2 is 2.00 bits per heavy atom. The average Bonchev–Trinajstić information content (AvgIpc) is 2.29. The van der Waals surface area contributed by atoms with Crippen LogP contribution in [0.1, 0.15) is 18.9 Å². The van der Waals surface area contributed by atoms with E-state index in [2.05, 4.69) is 5.32 Å². The fraction of sp³-hybridized carbons (Fsp3) is 0.462. The molecule has 0 bridgehead atoms. The van der Waals surface area contributed by atoms with Gasteiger partial charge in [0.25, 0.3) is 0 Å². The highest BCUT2D eigenvalue weighted by atomic mass is 16.5. The lowest BCUT2D eigenvalue weighted by atomic mass is 9.98. The van der Waals surface area contributed by atoms with Gasteiger partial charge in [0.2, 0.25) is 0 Å². The molecule has 17 heavy (non-hydrogen) atoms. The Morgan fingerprint density at radius 1 is 1.41 bits per heavy atom. The van der Waals surface area contributed by atoms with Crippen molar-refractivity contribution in [2.24, 2.45) is 0 Å². The molecule has 1 aromatic carbocycles. The van der Waals surface area contributed by atoms with E-state index in [-0.39, 0.29) is 0 Å². The summed E-state index contributed by atoms with van der Waals surface area (Å²) in [7, 11) is 1.56. The number of hydrogen-bond donors (Lipinski definition) is 2. The van der Waals surface area contributed by atoms with Crippen LogP contribution in [0.25, 0.3) is 0 Å². The van der Waals surface area contributed by atoms with E-state index in [9.17, 15) is 9.90 Å². The summed E-state index contributed by atoms with van der Waals surface area (Å²) < 4.78 is 4.94. The van der Waals surface area contributed by atoms with Crippen molar-refractivity contribution < 1.29 is 14.6 Å². The summed E-state index contributed by atoms with van der Waals surface area (Å²) in [5.74, 6) is -0.880. The van der Waals surface area contributed by atoms with Gasteiger partial charge in [-0.25, -0.2) is 4.79 Å². The van der Waals surface area contributed by atoms with Gasteiger partial charge in [0, 0.05) is 25.8 Å². The predicted octanol–water partition coefficient (Wildman–Crippen LogP) is 2.29. The lowest BCUT2D eigenvalue weighted by molar-refractivity contribution is -0.142. The Kier molecular flexibility index (Phi) is 4.52. The van der Waals surface area contributed by atoms with E-state index < -0.39 is 11.5 Å². The molecule has 4 nitrogen and oxygen atoms in total. The number of carbonyl (C=O) groups is 1. The molecule has 0 fully saturated rings. The first-order chi connectivity index (χ1) is 7.98. The second kappa shape index (κ2) is 5.68. The number of rotatable bonds is 6. The molecule has 0 saturated heterocycles. The molecule has 0 aromatic heterocycles. The molecule has 4 heteroatoms. The lowest BCUT2D eigenvalue weighted by Crippen LogP contribution is -2.44. The molecule has 94 valence electrons. The minimum Gasteiger partial charge on any atom is -0.480 e. The highest BCUT2D eigenvalue weighted by Crippen LogP contribution is 2.19. The first-order valence-corrected chi connectivity index (χ1v) is 5.55. The summed E-state index contributed by atoms with van der Waals surface area (Å²) in [4.78, 5) is 11.3. The van der Waals surface area contributed by atoms with Crippen molar-refractivity contribution in [3.8, 4) is 0 Å². The summed E-state index contributed by atoms with van der Waals surface area (Å²) in [5.41, 5.74) is 0.937.